The summed E-state index contributed by atoms with van der Waals surface area (Å²) in [6.45, 7) is 0.440. The maximum absolute atomic E-state index is 13.3. The maximum atomic E-state index is 13.3. The molecule has 0 aromatic heterocycles. The molecule has 0 unspecified atom stereocenters. The number of halogens is 1. The highest BCUT2D eigenvalue weighted by Gasteiger charge is 2.52. The number of carbonyl (C=O) groups excluding carboxylic acids is 1. The van der Waals surface area contributed by atoms with E-state index in [1.165, 1.54) is 0 Å². The quantitative estimate of drug-likeness (QED) is 0.482. The minimum atomic E-state index is -3.75. The van der Waals surface area contributed by atoms with Crippen molar-refractivity contribution in [3.63, 3.8) is 0 Å². The van der Waals surface area contributed by atoms with E-state index in [2.05, 4.69) is 21.2 Å². The van der Waals surface area contributed by atoms with E-state index in [1.54, 1.807) is 36.0 Å². The maximum Gasteiger partial charge on any atom is 0.241 e. The van der Waals surface area contributed by atoms with Crippen molar-refractivity contribution in [3.8, 4) is 0 Å². The molecular weight excluding hydrogens is 446 g/mol. The second-order valence-electron chi connectivity index (χ2n) is 6.58. The summed E-state index contributed by atoms with van der Waals surface area (Å²) < 4.78 is 26.0. The lowest BCUT2D eigenvalue weighted by molar-refractivity contribution is -0.123. The first kappa shape index (κ1) is 20.4. The van der Waals surface area contributed by atoms with Crippen LogP contribution in [-0.4, -0.2) is 31.4 Å². The molecule has 1 saturated carbocycles. The van der Waals surface area contributed by atoms with E-state index in [-0.39, 0.29) is 10.8 Å². The molecule has 7 heteroatoms. The van der Waals surface area contributed by atoms with Crippen molar-refractivity contribution < 1.29 is 13.2 Å². The van der Waals surface area contributed by atoms with Crippen molar-refractivity contribution in [2.24, 2.45) is 0 Å². The third-order valence-corrected chi connectivity index (χ3v) is 8.92. The first-order chi connectivity index (χ1) is 13.0. The van der Waals surface area contributed by atoms with Crippen molar-refractivity contribution in [1.82, 2.24) is 5.32 Å². The van der Waals surface area contributed by atoms with E-state index in [0.29, 0.717) is 25.1 Å². The Morgan fingerprint density at radius 2 is 1.67 bits per heavy atom. The molecule has 144 valence electrons. The van der Waals surface area contributed by atoms with Crippen LogP contribution in [0.1, 0.15) is 25.7 Å². The Morgan fingerprint density at radius 3 is 2.30 bits per heavy atom. The third-order valence-electron chi connectivity index (χ3n) is 4.86. The fourth-order valence-corrected chi connectivity index (χ4v) is 6.56. The van der Waals surface area contributed by atoms with Gasteiger partial charge in [-0.3, -0.25) is 4.79 Å². The van der Waals surface area contributed by atoms with Crippen LogP contribution in [0.5, 0.6) is 0 Å². The van der Waals surface area contributed by atoms with E-state index in [4.69, 9.17) is 0 Å². The van der Waals surface area contributed by atoms with Gasteiger partial charge in [-0.2, -0.15) is 0 Å². The smallest absolute Gasteiger partial charge is 0.241 e. The number of nitrogens with one attached hydrogen (secondary N) is 1. The van der Waals surface area contributed by atoms with Crippen LogP contribution in [0.3, 0.4) is 0 Å². The van der Waals surface area contributed by atoms with Gasteiger partial charge in [0.1, 0.15) is 0 Å². The molecule has 1 amide bonds. The summed E-state index contributed by atoms with van der Waals surface area (Å²) in [6.07, 6.45) is 2.26. The molecule has 2 aromatic rings. The Kier molecular flexibility index (Phi) is 6.65. The lowest BCUT2D eigenvalue weighted by Gasteiger charge is -2.27. The fraction of sp³-hybridized carbons (Fsp3) is 0.350. The van der Waals surface area contributed by atoms with Gasteiger partial charge < -0.3 is 5.32 Å². The van der Waals surface area contributed by atoms with Crippen LogP contribution in [0.25, 0.3) is 0 Å². The van der Waals surface area contributed by atoms with E-state index in [9.17, 15) is 13.2 Å². The van der Waals surface area contributed by atoms with Crippen LogP contribution < -0.4 is 5.32 Å². The lowest BCUT2D eigenvalue weighted by Crippen LogP contribution is -2.51. The van der Waals surface area contributed by atoms with Gasteiger partial charge in [-0.1, -0.05) is 47.0 Å². The first-order valence-electron chi connectivity index (χ1n) is 8.92. The fourth-order valence-electron chi connectivity index (χ4n) is 3.41. The van der Waals surface area contributed by atoms with Crippen molar-refractivity contribution in [2.75, 3.05) is 12.3 Å². The third kappa shape index (κ3) is 4.41. The summed E-state index contributed by atoms with van der Waals surface area (Å²) in [4.78, 5) is 14.3. The minimum absolute atomic E-state index is 0.210. The summed E-state index contributed by atoms with van der Waals surface area (Å²) in [6, 6.07) is 16.5. The molecule has 0 spiro atoms. The number of thioether (sulfide) groups is 1. The van der Waals surface area contributed by atoms with Gasteiger partial charge >= 0.3 is 0 Å². The molecule has 3 rings (SSSR count). The molecular formula is C20H22BrNO3S2. The molecule has 1 aliphatic rings. The number of carbonyl (C=O) groups is 1. The normalized spacial score (nSPS) is 16.2. The van der Waals surface area contributed by atoms with Crippen LogP contribution in [-0.2, 0) is 14.6 Å². The van der Waals surface area contributed by atoms with Crippen LogP contribution in [0.15, 0.2) is 68.9 Å². The Hall–Kier alpha value is -1.31. The SMILES string of the molecule is O=C(NCCSc1ccccc1)C1(S(=O)(=O)c2ccc(Br)cc2)CCCC1. The highest BCUT2D eigenvalue weighted by molar-refractivity contribution is 9.10. The zero-order valence-electron chi connectivity index (χ0n) is 14.9. The summed E-state index contributed by atoms with van der Waals surface area (Å²) in [5.74, 6) is 0.334. The van der Waals surface area contributed by atoms with E-state index in [1.807, 2.05) is 30.3 Å². The van der Waals surface area contributed by atoms with Crippen molar-refractivity contribution in [3.05, 3.63) is 59.1 Å². The second-order valence-corrected chi connectivity index (χ2v) is 10.9. The van der Waals surface area contributed by atoms with Gasteiger partial charge in [-0.05, 0) is 49.2 Å². The summed E-state index contributed by atoms with van der Waals surface area (Å²) in [7, 11) is -3.75. The highest BCUT2D eigenvalue weighted by atomic mass is 79.9. The Morgan fingerprint density at radius 1 is 1.04 bits per heavy atom. The molecule has 1 aliphatic carbocycles. The average Bonchev–Trinajstić information content (AvgIpc) is 3.18. The van der Waals surface area contributed by atoms with Gasteiger partial charge in [0.05, 0.1) is 4.90 Å². The van der Waals surface area contributed by atoms with Gasteiger partial charge in [0.2, 0.25) is 5.91 Å². The minimum Gasteiger partial charge on any atom is -0.354 e. The zero-order valence-corrected chi connectivity index (χ0v) is 18.1. The molecule has 0 heterocycles. The first-order valence-corrected chi connectivity index (χ1v) is 12.2. The molecule has 0 atom stereocenters. The molecule has 0 radical (unpaired) electrons. The van der Waals surface area contributed by atoms with E-state index in [0.717, 1.165) is 22.2 Å². The molecule has 27 heavy (non-hydrogen) atoms. The monoisotopic (exact) mass is 467 g/mol. The molecule has 4 nitrogen and oxygen atoms in total. The number of amides is 1. The van der Waals surface area contributed by atoms with E-state index < -0.39 is 14.6 Å². The molecule has 2 aromatic carbocycles. The van der Waals surface area contributed by atoms with E-state index >= 15 is 0 Å². The van der Waals surface area contributed by atoms with Crippen LogP contribution in [0.4, 0.5) is 0 Å². The second kappa shape index (κ2) is 8.80. The van der Waals surface area contributed by atoms with Crippen LogP contribution in [0.2, 0.25) is 0 Å². The molecule has 0 aliphatic heterocycles. The average molecular weight is 468 g/mol. The predicted molar refractivity (Wildman–Crippen MR) is 113 cm³/mol. The molecule has 0 saturated heterocycles. The van der Waals surface area contributed by atoms with Gasteiger partial charge in [0.15, 0.2) is 14.6 Å². The standard InChI is InChI=1S/C20H22BrNO3S2/c21-16-8-10-18(11-9-16)27(24,25)20(12-4-5-13-20)19(23)22-14-15-26-17-6-2-1-3-7-17/h1-3,6-11H,4-5,12-15H2,(H,22,23). The number of hydrogen-bond acceptors (Lipinski definition) is 4. The van der Waals surface area contributed by atoms with Gasteiger partial charge in [-0.15, -0.1) is 11.8 Å². The zero-order chi connectivity index (χ0) is 19.3. The largest absolute Gasteiger partial charge is 0.354 e. The van der Waals surface area contributed by atoms with Crippen molar-refractivity contribution in [2.45, 2.75) is 40.2 Å². The highest BCUT2D eigenvalue weighted by Crippen LogP contribution is 2.41. The summed E-state index contributed by atoms with van der Waals surface area (Å²) in [5, 5.41) is 2.87. The number of rotatable bonds is 7. The van der Waals surface area contributed by atoms with Gasteiger partial charge in [0, 0.05) is 21.7 Å². The Balaban J connectivity index is 1.70. The lowest BCUT2D eigenvalue weighted by atomic mass is 10.1. The topological polar surface area (TPSA) is 63.2 Å². The summed E-state index contributed by atoms with van der Waals surface area (Å²) in [5.41, 5.74) is 0. The molecule has 1 N–H and O–H groups in total. The number of hydrogen-bond donors (Lipinski definition) is 1. The predicted octanol–water partition coefficient (Wildman–Crippen LogP) is 4.44. The van der Waals surface area contributed by atoms with Crippen LogP contribution in [0, 0.1) is 0 Å². The number of sulfone groups is 1. The number of benzene rings is 2. The van der Waals surface area contributed by atoms with Crippen molar-refractivity contribution >= 4 is 43.4 Å². The van der Waals surface area contributed by atoms with Gasteiger partial charge in [-0.25, -0.2) is 8.42 Å². The summed E-state index contributed by atoms with van der Waals surface area (Å²) >= 11 is 4.96. The van der Waals surface area contributed by atoms with Gasteiger partial charge in [0.25, 0.3) is 0 Å². The Bertz CT molecular complexity index is 877. The van der Waals surface area contributed by atoms with Crippen LogP contribution >= 0.6 is 27.7 Å². The molecule has 1 fully saturated rings. The Labute approximate surface area is 173 Å². The molecule has 0 bridgehead atoms. The van der Waals surface area contributed by atoms with Crippen molar-refractivity contribution in [1.29, 1.82) is 0 Å².